The number of carbonyl (C=O) groups is 6. The third-order valence-electron chi connectivity index (χ3n) is 4.09. The first kappa shape index (κ1) is 22.1. The largest absolute Gasteiger partial charge is 0.537 e. The van der Waals surface area contributed by atoms with Crippen LogP contribution in [0.4, 0.5) is 4.79 Å². The quantitative estimate of drug-likeness (QED) is 0.234. The molecule has 0 aromatic heterocycles. The molecule has 0 spiro atoms. The van der Waals surface area contributed by atoms with Gasteiger partial charge in [-0.25, -0.2) is 4.79 Å². The van der Waals surface area contributed by atoms with E-state index in [1.54, 1.807) is 13.8 Å². The molecular formula is C18H22N2O9. The summed E-state index contributed by atoms with van der Waals surface area (Å²) >= 11 is 0. The van der Waals surface area contributed by atoms with Crippen LogP contribution < -0.4 is 0 Å². The normalized spacial score (nSPS) is 17.3. The summed E-state index contributed by atoms with van der Waals surface area (Å²) in [6, 6.07) is 0. The maximum atomic E-state index is 12.0. The summed E-state index contributed by atoms with van der Waals surface area (Å²) in [6.07, 6.45) is 0.387. The van der Waals surface area contributed by atoms with Gasteiger partial charge in [-0.3, -0.25) is 33.7 Å². The first-order valence-corrected chi connectivity index (χ1v) is 9.16. The number of hydrogen-bond acceptors (Lipinski definition) is 9. The Labute approximate surface area is 166 Å². The third-order valence-corrected chi connectivity index (χ3v) is 4.09. The zero-order chi connectivity index (χ0) is 21.6. The second kappa shape index (κ2) is 9.80. The fraction of sp³-hybridized carbons (Fsp3) is 0.556. The molecule has 2 aliphatic heterocycles. The van der Waals surface area contributed by atoms with Crippen molar-refractivity contribution in [1.29, 1.82) is 0 Å². The van der Waals surface area contributed by atoms with Crippen molar-refractivity contribution in [2.75, 3.05) is 6.54 Å². The molecule has 0 N–H and O–H groups in total. The minimum atomic E-state index is -1.33. The van der Waals surface area contributed by atoms with Crippen LogP contribution in [0, 0.1) is 5.92 Å². The van der Waals surface area contributed by atoms with Crippen molar-refractivity contribution < 1.29 is 43.1 Å². The number of hydrogen-bond donors (Lipinski definition) is 0. The van der Waals surface area contributed by atoms with Gasteiger partial charge in [-0.15, -0.1) is 0 Å². The lowest BCUT2D eigenvalue weighted by Gasteiger charge is -2.22. The zero-order valence-electron chi connectivity index (χ0n) is 16.1. The van der Waals surface area contributed by atoms with Crippen LogP contribution in [-0.4, -0.2) is 58.6 Å². The number of rotatable bonds is 9. The average Bonchev–Trinajstić information content (AvgIpc) is 3.14. The fourth-order valence-electron chi connectivity index (χ4n) is 2.52. The second-order valence-corrected chi connectivity index (χ2v) is 6.76. The molecule has 2 aliphatic rings. The molecule has 0 aromatic carbocycles. The molecular weight excluding hydrogens is 388 g/mol. The Hall–Kier alpha value is -3.24. The number of nitrogens with zero attached hydrogens (tertiary/aromatic N) is 2. The molecule has 1 fully saturated rings. The Bertz CT molecular complexity index is 710. The standard InChI is InChI=1S/C18H22N2O9/c1-11(2)17(28-18(26)29-20-14(23)8-9-15(20)24)27-16(25)5-3-4-10-19-12(21)6-7-13(19)22/h6-7,11,17H,3-5,8-10H2,1-2H3. The van der Waals surface area contributed by atoms with E-state index in [1.165, 1.54) is 12.2 Å². The van der Waals surface area contributed by atoms with Gasteiger partial charge in [0.15, 0.2) is 0 Å². The molecule has 11 heteroatoms. The van der Waals surface area contributed by atoms with E-state index >= 15 is 0 Å². The molecule has 1 atom stereocenters. The minimum Gasteiger partial charge on any atom is -0.425 e. The average molecular weight is 410 g/mol. The summed E-state index contributed by atoms with van der Waals surface area (Å²) in [5.74, 6) is -3.16. The molecule has 2 rings (SSSR count). The van der Waals surface area contributed by atoms with Crippen LogP contribution in [0.15, 0.2) is 12.2 Å². The van der Waals surface area contributed by atoms with Gasteiger partial charge < -0.3 is 9.47 Å². The van der Waals surface area contributed by atoms with Crippen molar-refractivity contribution >= 4 is 35.8 Å². The van der Waals surface area contributed by atoms with Crippen LogP contribution in [0.25, 0.3) is 0 Å². The van der Waals surface area contributed by atoms with Crippen molar-refractivity contribution in [3.8, 4) is 0 Å². The van der Waals surface area contributed by atoms with Crippen LogP contribution in [-0.2, 0) is 38.3 Å². The number of carbonyl (C=O) groups excluding carboxylic acids is 6. The lowest BCUT2D eigenvalue weighted by Crippen LogP contribution is -2.36. The highest BCUT2D eigenvalue weighted by Gasteiger charge is 2.35. The van der Waals surface area contributed by atoms with Crippen LogP contribution in [0.2, 0.25) is 0 Å². The Morgan fingerprint density at radius 3 is 2.10 bits per heavy atom. The molecule has 158 valence electrons. The molecule has 1 saturated heterocycles. The topological polar surface area (TPSA) is 137 Å². The molecule has 0 bridgehead atoms. The van der Waals surface area contributed by atoms with Gasteiger partial charge in [0.1, 0.15) is 0 Å². The summed E-state index contributed by atoms with van der Waals surface area (Å²) in [5, 5.41) is 0.331. The Balaban J connectivity index is 1.73. The van der Waals surface area contributed by atoms with Gasteiger partial charge in [0.05, 0.1) is 0 Å². The second-order valence-electron chi connectivity index (χ2n) is 6.76. The summed E-state index contributed by atoms with van der Waals surface area (Å²) in [4.78, 5) is 75.1. The maximum Gasteiger partial charge on any atom is 0.537 e. The van der Waals surface area contributed by atoms with Crippen molar-refractivity contribution in [2.45, 2.75) is 52.2 Å². The van der Waals surface area contributed by atoms with Gasteiger partial charge in [-0.05, 0) is 12.8 Å². The van der Waals surface area contributed by atoms with Gasteiger partial charge in [0.2, 0.25) is 0 Å². The van der Waals surface area contributed by atoms with Crippen molar-refractivity contribution in [2.24, 2.45) is 5.92 Å². The van der Waals surface area contributed by atoms with E-state index in [2.05, 4.69) is 4.84 Å². The zero-order valence-corrected chi connectivity index (χ0v) is 16.1. The monoisotopic (exact) mass is 410 g/mol. The van der Waals surface area contributed by atoms with E-state index in [0.29, 0.717) is 17.9 Å². The fourth-order valence-corrected chi connectivity index (χ4v) is 2.52. The van der Waals surface area contributed by atoms with Crippen LogP contribution in [0.1, 0.15) is 46.0 Å². The smallest absolute Gasteiger partial charge is 0.425 e. The van der Waals surface area contributed by atoms with Crippen molar-refractivity contribution in [3.63, 3.8) is 0 Å². The van der Waals surface area contributed by atoms with Gasteiger partial charge in [0.25, 0.3) is 29.9 Å². The van der Waals surface area contributed by atoms with Crippen molar-refractivity contribution in [3.05, 3.63) is 12.2 Å². The van der Waals surface area contributed by atoms with E-state index in [0.717, 1.165) is 4.90 Å². The highest BCUT2D eigenvalue weighted by atomic mass is 16.9. The summed E-state index contributed by atoms with van der Waals surface area (Å²) < 4.78 is 10.0. The van der Waals surface area contributed by atoms with Gasteiger partial charge in [-0.1, -0.05) is 18.9 Å². The van der Waals surface area contributed by atoms with E-state index in [-0.39, 0.29) is 37.6 Å². The molecule has 0 radical (unpaired) electrons. The number of amides is 4. The Morgan fingerprint density at radius 2 is 1.55 bits per heavy atom. The summed E-state index contributed by atoms with van der Waals surface area (Å²) in [6.45, 7) is 3.45. The van der Waals surface area contributed by atoms with E-state index in [4.69, 9.17) is 9.47 Å². The number of unbranched alkanes of at least 4 members (excludes halogenated alkanes) is 1. The number of esters is 1. The van der Waals surface area contributed by atoms with Gasteiger partial charge in [-0.2, -0.15) is 0 Å². The van der Waals surface area contributed by atoms with E-state index in [9.17, 15) is 28.8 Å². The first-order chi connectivity index (χ1) is 13.7. The molecule has 1 unspecified atom stereocenters. The molecule has 0 aliphatic carbocycles. The lowest BCUT2D eigenvalue weighted by atomic mass is 10.2. The van der Waals surface area contributed by atoms with Crippen molar-refractivity contribution in [1.82, 2.24) is 9.96 Å². The number of ether oxygens (including phenoxy) is 2. The molecule has 0 aromatic rings. The van der Waals surface area contributed by atoms with Crippen LogP contribution >= 0.6 is 0 Å². The van der Waals surface area contributed by atoms with E-state index in [1.807, 2.05) is 0 Å². The lowest BCUT2D eigenvalue weighted by molar-refractivity contribution is -0.199. The predicted molar refractivity (Wildman–Crippen MR) is 93.1 cm³/mol. The van der Waals surface area contributed by atoms with Gasteiger partial charge >= 0.3 is 12.1 Å². The Morgan fingerprint density at radius 1 is 0.966 bits per heavy atom. The van der Waals surface area contributed by atoms with Crippen LogP contribution in [0.5, 0.6) is 0 Å². The minimum absolute atomic E-state index is 0.0195. The summed E-state index contributed by atoms with van der Waals surface area (Å²) in [5.41, 5.74) is 0. The highest BCUT2D eigenvalue weighted by Crippen LogP contribution is 2.16. The number of imide groups is 2. The summed E-state index contributed by atoms with van der Waals surface area (Å²) in [7, 11) is 0. The number of hydroxylamine groups is 2. The predicted octanol–water partition coefficient (Wildman–Crippen LogP) is 0.824. The molecule has 4 amide bonds. The molecule has 11 nitrogen and oxygen atoms in total. The SMILES string of the molecule is CC(C)C(OC(=O)CCCCN1C(=O)C=CC1=O)OC(=O)ON1C(=O)CCC1=O. The highest BCUT2D eigenvalue weighted by molar-refractivity contribution is 6.12. The third kappa shape index (κ3) is 6.13. The molecule has 29 heavy (non-hydrogen) atoms. The van der Waals surface area contributed by atoms with Gasteiger partial charge in [0, 0.05) is 43.9 Å². The van der Waals surface area contributed by atoms with E-state index < -0.39 is 36.1 Å². The van der Waals surface area contributed by atoms with Crippen LogP contribution in [0.3, 0.4) is 0 Å². The molecule has 0 saturated carbocycles. The molecule has 2 heterocycles. The first-order valence-electron chi connectivity index (χ1n) is 9.16. The maximum absolute atomic E-state index is 12.0. The Kier molecular flexibility index (Phi) is 7.46.